The molecular weight excluding hydrogens is 280 g/mol. The van der Waals surface area contributed by atoms with Crippen LogP contribution in [0.15, 0.2) is 24.3 Å². The summed E-state index contributed by atoms with van der Waals surface area (Å²) in [5.74, 6) is -0.0434. The third kappa shape index (κ3) is 3.32. The molecule has 1 N–H and O–H groups in total. The van der Waals surface area contributed by atoms with Crippen LogP contribution in [0.3, 0.4) is 0 Å². The normalized spacial score (nSPS) is 23.4. The Bertz CT molecular complexity index is 509. The van der Waals surface area contributed by atoms with E-state index in [1.54, 1.807) is 4.90 Å². The number of fused-ring (bicyclic) bond motifs is 1. The maximum Gasteiger partial charge on any atom is 0.248 e. The van der Waals surface area contributed by atoms with Gasteiger partial charge in [0.1, 0.15) is 6.61 Å². The van der Waals surface area contributed by atoms with Gasteiger partial charge in [-0.3, -0.25) is 9.69 Å². The number of aliphatic hydroxyl groups excluding tert-OH is 1. The van der Waals surface area contributed by atoms with Crippen molar-refractivity contribution in [2.24, 2.45) is 0 Å². The number of hydrogen-bond donors (Lipinski definition) is 1. The van der Waals surface area contributed by atoms with Crippen molar-refractivity contribution in [2.75, 3.05) is 39.9 Å². The van der Waals surface area contributed by atoms with E-state index in [4.69, 9.17) is 4.74 Å². The Labute approximate surface area is 131 Å². The van der Waals surface area contributed by atoms with Gasteiger partial charge in [0.2, 0.25) is 5.91 Å². The molecule has 0 aromatic heterocycles. The first-order chi connectivity index (χ1) is 10.7. The molecule has 1 amide bonds. The number of ether oxygens (including phenoxy) is 1. The number of carbonyl (C=O) groups excluding carboxylic acids is 1. The molecule has 1 aromatic rings. The lowest BCUT2D eigenvalue weighted by Gasteiger charge is -2.28. The Hall–Kier alpha value is -1.43. The molecular formula is C17H24N2O3. The first-order valence-electron chi connectivity index (χ1n) is 7.93. The van der Waals surface area contributed by atoms with E-state index in [9.17, 15) is 9.90 Å². The fourth-order valence-electron chi connectivity index (χ4n) is 3.58. The van der Waals surface area contributed by atoms with Crippen LogP contribution in [0.2, 0.25) is 0 Å². The summed E-state index contributed by atoms with van der Waals surface area (Å²) in [6.45, 7) is 2.59. The molecule has 0 bridgehead atoms. The van der Waals surface area contributed by atoms with Crippen molar-refractivity contribution >= 4 is 5.91 Å². The average molecular weight is 304 g/mol. The molecule has 2 aliphatic rings. The molecule has 1 aliphatic carbocycles. The lowest BCUT2D eigenvalue weighted by molar-refractivity contribution is -0.136. The Balaban J connectivity index is 1.63. The van der Waals surface area contributed by atoms with E-state index in [2.05, 4.69) is 29.2 Å². The van der Waals surface area contributed by atoms with Crippen molar-refractivity contribution in [3.05, 3.63) is 35.4 Å². The molecule has 120 valence electrons. The second-order valence-electron chi connectivity index (χ2n) is 6.25. The smallest absolute Gasteiger partial charge is 0.248 e. The van der Waals surface area contributed by atoms with Crippen LogP contribution < -0.4 is 0 Å². The Kier molecular flexibility index (Phi) is 4.76. The summed E-state index contributed by atoms with van der Waals surface area (Å²) in [5.41, 5.74) is 2.83. The second kappa shape index (κ2) is 6.77. The van der Waals surface area contributed by atoms with Gasteiger partial charge < -0.3 is 14.7 Å². The largest absolute Gasteiger partial charge is 0.390 e. The molecule has 1 fully saturated rings. The topological polar surface area (TPSA) is 53.0 Å². The van der Waals surface area contributed by atoms with E-state index >= 15 is 0 Å². The van der Waals surface area contributed by atoms with Crippen LogP contribution in [0.1, 0.15) is 11.1 Å². The Morgan fingerprint density at radius 1 is 1.23 bits per heavy atom. The molecule has 1 atom stereocenters. The standard InChI is InChI=1S/C17H24N2O3/c1-22-12-17(21)19-7-6-18(10-16(20)11-19)15-8-13-4-2-3-5-14(13)9-15/h2-5,15-16,20H,6-12H2,1H3. The minimum absolute atomic E-state index is 0.0434. The summed E-state index contributed by atoms with van der Waals surface area (Å²) in [5, 5.41) is 10.2. The summed E-state index contributed by atoms with van der Waals surface area (Å²) in [6, 6.07) is 8.99. The maximum absolute atomic E-state index is 12.0. The van der Waals surface area contributed by atoms with Crippen LogP contribution in [0.25, 0.3) is 0 Å². The summed E-state index contributed by atoms with van der Waals surface area (Å²) in [7, 11) is 1.52. The van der Waals surface area contributed by atoms with Crippen molar-refractivity contribution < 1.29 is 14.6 Å². The van der Waals surface area contributed by atoms with E-state index in [1.807, 2.05) is 0 Å². The van der Waals surface area contributed by atoms with Crippen molar-refractivity contribution in [2.45, 2.75) is 25.0 Å². The van der Waals surface area contributed by atoms with Gasteiger partial charge in [-0.25, -0.2) is 0 Å². The van der Waals surface area contributed by atoms with Gasteiger partial charge >= 0.3 is 0 Å². The quantitative estimate of drug-likeness (QED) is 0.873. The molecule has 1 saturated heterocycles. The molecule has 22 heavy (non-hydrogen) atoms. The zero-order valence-electron chi connectivity index (χ0n) is 13.1. The van der Waals surface area contributed by atoms with Crippen LogP contribution >= 0.6 is 0 Å². The highest BCUT2D eigenvalue weighted by molar-refractivity contribution is 5.77. The summed E-state index contributed by atoms with van der Waals surface area (Å²) in [4.78, 5) is 16.0. The van der Waals surface area contributed by atoms with Crippen LogP contribution in [0, 0.1) is 0 Å². The first-order valence-corrected chi connectivity index (χ1v) is 7.93. The molecule has 1 aliphatic heterocycles. The van der Waals surface area contributed by atoms with Crippen LogP contribution in [-0.2, 0) is 22.4 Å². The molecule has 5 heteroatoms. The molecule has 3 rings (SSSR count). The molecule has 1 aromatic carbocycles. The Morgan fingerprint density at radius 2 is 1.91 bits per heavy atom. The zero-order valence-corrected chi connectivity index (χ0v) is 13.1. The molecule has 1 heterocycles. The molecule has 0 saturated carbocycles. The number of methoxy groups -OCH3 is 1. The number of rotatable bonds is 3. The van der Waals surface area contributed by atoms with E-state index in [1.165, 1.54) is 18.2 Å². The van der Waals surface area contributed by atoms with E-state index < -0.39 is 6.10 Å². The number of β-amino-alcohol motifs (C(OH)–C–C–N with tert-alkyl or cyclic N) is 1. The molecule has 5 nitrogen and oxygen atoms in total. The van der Waals surface area contributed by atoms with Gasteiger partial charge in [-0.1, -0.05) is 24.3 Å². The van der Waals surface area contributed by atoms with Crippen molar-refractivity contribution in [1.82, 2.24) is 9.80 Å². The molecule has 0 spiro atoms. The van der Waals surface area contributed by atoms with Gasteiger partial charge in [0.05, 0.1) is 6.10 Å². The highest BCUT2D eigenvalue weighted by Crippen LogP contribution is 2.26. The highest BCUT2D eigenvalue weighted by Gasteiger charge is 2.31. The Morgan fingerprint density at radius 3 is 2.55 bits per heavy atom. The molecule has 1 unspecified atom stereocenters. The SMILES string of the molecule is COCC(=O)N1CCN(C2Cc3ccccc3C2)CC(O)C1. The summed E-state index contributed by atoms with van der Waals surface area (Å²) in [6.07, 6.45) is 1.58. The predicted molar refractivity (Wildman–Crippen MR) is 83.7 cm³/mol. The second-order valence-corrected chi connectivity index (χ2v) is 6.25. The lowest BCUT2D eigenvalue weighted by Crippen LogP contribution is -2.41. The van der Waals surface area contributed by atoms with Crippen LogP contribution in [0.5, 0.6) is 0 Å². The first kappa shape index (κ1) is 15.5. The minimum Gasteiger partial charge on any atom is -0.390 e. The zero-order chi connectivity index (χ0) is 15.5. The van der Waals surface area contributed by atoms with E-state index in [0.717, 1.165) is 19.4 Å². The third-order valence-electron chi connectivity index (χ3n) is 4.70. The number of nitrogens with zero attached hydrogens (tertiary/aromatic N) is 2. The highest BCUT2D eigenvalue weighted by atomic mass is 16.5. The molecule has 0 radical (unpaired) electrons. The number of benzene rings is 1. The van der Waals surface area contributed by atoms with Crippen molar-refractivity contribution in [1.29, 1.82) is 0 Å². The van der Waals surface area contributed by atoms with Crippen molar-refractivity contribution in [3.8, 4) is 0 Å². The lowest BCUT2D eigenvalue weighted by atomic mass is 10.1. The van der Waals surface area contributed by atoms with Crippen LogP contribution in [0.4, 0.5) is 0 Å². The monoisotopic (exact) mass is 304 g/mol. The van der Waals surface area contributed by atoms with E-state index in [-0.39, 0.29) is 12.5 Å². The van der Waals surface area contributed by atoms with Gasteiger partial charge in [0, 0.05) is 39.3 Å². The minimum atomic E-state index is -0.494. The fraction of sp³-hybridized carbons (Fsp3) is 0.588. The van der Waals surface area contributed by atoms with Gasteiger partial charge in [-0.15, -0.1) is 0 Å². The van der Waals surface area contributed by atoms with Crippen molar-refractivity contribution in [3.63, 3.8) is 0 Å². The average Bonchev–Trinajstić information content (AvgIpc) is 2.84. The van der Waals surface area contributed by atoms with Gasteiger partial charge in [-0.2, -0.15) is 0 Å². The van der Waals surface area contributed by atoms with Crippen LogP contribution in [-0.4, -0.2) is 72.9 Å². The van der Waals surface area contributed by atoms with Gasteiger partial charge in [-0.05, 0) is 24.0 Å². The van der Waals surface area contributed by atoms with Gasteiger partial charge in [0.15, 0.2) is 0 Å². The number of carbonyl (C=O) groups is 1. The number of amides is 1. The third-order valence-corrected chi connectivity index (χ3v) is 4.70. The number of hydrogen-bond acceptors (Lipinski definition) is 4. The van der Waals surface area contributed by atoms with E-state index in [0.29, 0.717) is 25.7 Å². The fourth-order valence-corrected chi connectivity index (χ4v) is 3.58. The summed E-state index contributed by atoms with van der Waals surface area (Å²) >= 11 is 0. The number of aliphatic hydroxyl groups is 1. The van der Waals surface area contributed by atoms with Gasteiger partial charge in [0.25, 0.3) is 0 Å². The predicted octanol–water partition coefficient (Wildman–Crippen LogP) is 0.305. The maximum atomic E-state index is 12.0. The summed E-state index contributed by atoms with van der Waals surface area (Å²) < 4.78 is 4.92.